The zero-order valence-electron chi connectivity index (χ0n) is 50.7. The topological polar surface area (TPSA) is 186 Å². The third-order valence-corrected chi connectivity index (χ3v) is 21.7. The molecule has 84 heavy (non-hydrogen) atoms. The van der Waals surface area contributed by atoms with E-state index < -0.39 is 133 Å². The van der Waals surface area contributed by atoms with Gasteiger partial charge in [-0.1, -0.05) is 121 Å². The van der Waals surface area contributed by atoms with E-state index in [0.29, 0.717) is 32.9 Å². The predicted molar refractivity (Wildman–Crippen MR) is 320 cm³/mol. The SMILES string of the molecule is Cc1ccccc1[C@H]1N2C(=O)C(OC(=O)C(C)(C)C)[C@@H](OC(=O)C(C)(C)C)C(=O)N2[C@H](c2ccccc2C)P1c1ccccc1P1[C@@H](c2ccccc2C)N2C(=O)[C@H](OC(=O)C(C)(C)C)[C@@H](OC(=O)C(C)(C)C)C(=O)N2[C@@H]1c1ccccc1C. The van der Waals surface area contributed by atoms with Crippen molar-refractivity contribution in [3.63, 3.8) is 0 Å². The van der Waals surface area contributed by atoms with Crippen molar-refractivity contribution in [1.82, 2.24) is 20.0 Å². The van der Waals surface area contributed by atoms with Gasteiger partial charge < -0.3 is 18.9 Å². The minimum Gasteiger partial charge on any atom is -0.447 e. The summed E-state index contributed by atoms with van der Waals surface area (Å²) < 4.78 is 24.6. The van der Waals surface area contributed by atoms with Gasteiger partial charge in [0.05, 0.1) is 21.7 Å². The summed E-state index contributed by atoms with van der Waals surface area (Å²) in [5.41, 5.74) is 1.33. The molecule has 0 aromatic heterocycles. The summed E-state index contributed by atoms with van der Waals surface area (Å²) in [6.45, 7) is 27.3. The Kier molecular flexibility index (Phi) is 16.5. The summed E-state index contributed by atoms with van der Waals surface area (Å²) in [7, 11) is -4.04. The molecule has 5 aromatic rings. The zero-order chi connectivity index (χ0) is 61.4. The van der Waals surface area contributed by atoms with Crippen molar-refractivity contribution < 1.29 is 57.3 Å². The van der Waals surface area contributed by atoms with Crippen LogP contribution >= 0.6 is 15.8 Å². The molecule has 0 aliphatic carbocycles. The number of amides is 4. The molecule has 4 aliphatic rings. The number of carbonyl (C=O) groups is 8. The van der Waals surface area contributed by atoms with Gasteiger partial charge in [-0.05, 0) is 182 Å². The van der Waals surface area contributed by atoms with Crippen LogP contribution in [0.4, 0.5) is 0 Å². The first-order chi connectivity index (χ1) is 39.3. The minimum atomic E-state index is -2.02. The van der Waals surface area contributed by atoms with Crippen molar-refractivity contribution in [2.45, 2.75) is 158 Å². The monoisotopic (exact) mass is 1180 g/mol. The number of hydrazine groups is 2. The van der Waals surface area contributed by atoms with Crippen molar-refractivity contribution in [1.29, 1.82) is 0 Å². The van der Waals surface area contributed by atoms with Crippen LogP contribution in [0.15, 0.2) is 121 Å². The molecule has 0 bridgehead atoms. The fourth-order valence-electron chi connectivity index (χ4n) is 10.8. The van der Waals surface area contributed by atoms with Crippen LogP contribution in [-0.2, 0) is 57.3 Å². The quantitative estimate of drug-likeness (QED) is 0.0733. The highest BCUT2D eigenvalue weighted by Gasteiger charge is 2.66. The Hall–Kier alpha value is -7.28. The number of rotatable bonds is 10. The highest BCUT2D eigenvalue weighted by atomic mass is 31.1. The second-order valence-electron chi connectivity index (χ2n) is 26.3. The summed E-state index contributed by atoms with van der Waals surface area (Å²) in [5.74, 6) is -10.2. The van der Waals surface area contributed by atoms with Crippen molar-refractivity contribution in [3.8, 4) is 0 Å². The molecular formula is C66H76N4O12P2. The van der Waals surface area contributed by atoms with E-state index in [1.807, 2.05) is 149 Å². The van der Waals surface area contributed by atoms with Crippen LogP contribution in [-0.4, -0.2) is 92.0 Å². The van der Waals surface area contributed by atoms with Crippen LogP contribution < -0.4 is 10.6 Å². The predicted octanol–water partition coefficient (Wildman–Crippen LogP) is 11.0. The molecule has 18 heteroatoms. The number of esters is 4. The molecule has 9 rings (SSSR count). The number of ether oxygens (including phenoxy) is 4. The van der Waals surface area contributed by atoms with E-state index in [1.54, 1.807) is 83.1 Å². The molecule has 0 spiro atoms. The number of benzene rings is 5. The molecule has 0 radical (unpaired) electrons. The lowest BCUT2D eigenvalue weighted by atomic mass is 9.96. The number of hydrogen-bond acceptors (Lipinski definition) is 12. The lowest BCUT2D eigenvalue weighted by Crippen LogP contribution is -2.65. The Bertz CT molecular complexity index is 3050. The Morgan fingerprint density at radius 1 is 0.321 bits per heavy atom. The van der Waals surface area contributed by atoms with Crippen molar-refractivity contribution >= 4 is 74.0 Å². The first-order valence-electron chi connectivity index (χ1n) is 28.3. The molecule has 442 valence electrons. The van der Waals surface area contributed by atoms with E-state index in [4.69, 9.17) is 18.9 Å². The van der Waals surface area contributed by atoms with Crippen LogP contribution in [0.1, 0.15) is 151 Å². The number of hydrogen-bond donors (Lipinski definition) is 0. The largest absolute Gasteiger partial charge is 0.447 e. The van der Waals surface area contributed by atoms with Crippen LogP contribution in [0.2, 0.25) is 0 Å². The summed E-state index contributed by atoms with van der Waals surface area (Å²) >= 11 is 0. The zero-order valence-corrected chi connectivity index (χ0v) is 52.5. The molecule has 5 aromatic carbocycles. The van der Waals surface area contributed by atoms with Gasteiger partial charge in [-0.2, -0.15) is 0 Å². The third-order valence-electron chi connectivity index (χ3n) is 15.6. The van der Waals surface area contributed by atoms with Gasteiger partial charge in [-0.15, -0.1) is 0 Å². The Morgan fingerprint density at radius 2 is 0.500 bits per heavy atom. The van der Waals surface area contributed by atoms with Crippen LogP contribution in [0.25, 0.3) is 0 Å². The average molecular weight is 1180 g/mol. The molecule has 9 atom stereocenters. The van der Waals surface area contributed by atoms with Gasteiger partial charge >= 0.3 is 23.9 Å². The maximum atomic E-state index is 16.2. The normalized spacial score (nSPS) is 24.0. The molecule has 4 saturated heterocycles. The van der Waals surface area contributed by atoms with Gasteiger partial charge in [0, 0.05) is 0 Å². The molecule has 4 heterocycles. The minimum absolute atomic E-state index is 0.690. The highest BCUT2D eigenvalue weighted by molar-refractivity contribution is 7.73. The molecule has 16 nitrogen and oxygen atoms in total. The summed E-state index contributed by atoms with van der Waals surface area (Å²) in [6, 6.07) is 38.2. The fraction of sp³-hybridized carbons (Fsp3) is 0.424. The van der Waals surface area contributed by atoms with Crippen LogP contribution in [0, 0.1) is 49.4 Å². The van der Waals surface area contributed by atoms with Crippen molar-refractivity contribution in [2.75, 3.05) is 0 Å². The van der Waals surface area contributed by atoms with E-state index in [2.05, 4.69) is 0 Å². The van der Waals surface area contributed by atoms with Gasteiger partial charge in [0.15, 0.2) is 0 Å². The fourth-order valence-corrected chi connectivity index (χ4v) is 18.5. The van der Waals surface area contributed by atoms with Gasteiger partial charge in [0.1, 0.15) is 23.1 Å². The maximum absolute atomic E-state index is 16.2. The molecule has 4 fully saturated rings. The first kappa shape index (κ1) is 61.3. The molecule has 0 saturated carbocycles. The van der Waals surface area contributed by atoms with Gasteiger partial charge in [0.25, 0.3) is 23.6 Å². The van der Waals surface area contributed by atoms with Crippen LogP contribution in [0.3, 0.4) is 0 Å². The highest BCUT2D eigenvalue weighted by Crippen LogP contribution is 2.74. The number of nitrogens with zero attached hydrogens (tertiary/aromatic N) is 4. The average Bonchev–Trinajstić information content (AvgIpc) is 1.58. The third kappa shape index (κ3) is 11.0. The molecular weight excluding hydrogens is 1100 g/mol. The first-order valence-corrected chi connectivity index (χ1v) is 31.3. The smallest absolute Gasteiger partial charge is 0.312 e. The molecule has 0 N–H and O–H groups in total. The van der Waals surface area contributed by atoms with Gasteiger partial charge in [-0.3, -0.25) is 38.4 Å². The number of aryl methyl sites for hydroxylation is 4. The van der Waals surface area contributed by atoms with Gasteiger partial charge in [0.2, 0.25) is 24.4 Å². The van der Waals surface area contributed by atoms with Crippen molar-refractivity contribution in [2.24, 2.45) is 21.7 Å². The van der Waals surface area contributed by atoms with Gasteiger partial charge in [-0.25, -0.2) is 20.0 Å². The van der Waals surface area contributed by atoms with E-state index in [0.717, 1.165) is 22.3 Å². The molecule has 4 amide bonds. The lowest BCUT2D eigenvalue weighted by molar-refractivity contribution is -0.212. The van der Waals surface area contributed by atoms with E-state index in [-0.39, 0.29) is 0 Å². The molecule has 2 unspecified atom stereocenters. The second-order valence-corrected chi connectivity index (χ2v) is 30.8. The van der Waals surface area contributed by atoms with E-state index >= 15 is 19.2 Å². The summed E-state index contributed by atoms with van der Waals surface area (Å²) in [6.07, 6.45) is -7.56. The second kappa shape index (κ2) is 22.6. The lowest BCUT2D eigenvalue weighted by Gasteiger charge is -2.44. The Balaban J connectivity index is 1.37. The Labute approximate surface area is 494 Å². The van der Waals surface area contributed by atoms with E-state index in [9.17, 15) is 19.2 Å². The summed E-state index contributed by atoms with van der Waals surface area (Å²) in [4.78, 5) is 121. The molecule has 4 aliphatic heterocycles. The number of fused-ring (bicyclic) bond motifs is 2. The maximum Gasteiger partial charge on any atom is 0.312 e. The van der Waals surface area contributed by atoms with Crippen LogP contribution in [0.5, 0.6) is 0 Å². The summed E-state index contributed by atoms with van der Waals surface area (Å²) in [5, 5.41) is 7.13. The number of carbonyl (C=O) groups excluding carboxylic acids is 8. The van der Waals surface area contributed by atoms with Crippen molar-refractivity contribution in [3.05, 3.63) is 166 Å². The Morgan fingerprint density at radius 3 is 0.679 bits per heavy atom. The standard InChI is InChI=1S/C66H76N4O12P2/c1-37-27-17-21-31-41(37)55-67-51(71)47(79-59(75)63(5,6)7)48(80-60(76)64(8,9)10)52(72)68(67)56(42-32-22-18-28-38(42)2)83(55)45-35-25-26-36-46(45)84-57(43-33-23-19-29-39(43)3)69-53(73)49(81-61(77)65(11,12)13)50(82-62(78)66(14,15)16)54(74)70(69)58(84)44-34-24-20-30-40(44)4/h17-36,47-50,55-58H,1-16H3/t47-,48-,49-,50?,55+,56+,57+,58+,84?/m1/s1. The van der Waals surface area contributed by atoms with E-state index in [1.165, 1.54) is 20.0 Å².